The van der Waals surface area contributed by atoms with Crippen molar-refractivity contribution in [2.45, 2.75) is 163 Å². The smallest absolute Gasteiger partial charge is 0.165 e. The van der Waals surface area contributed by atoms with Crippen LogP contribution in [0.2, 0.25) is 10.8 Å². The van der Waals surface area contributed by atoms with Gasteiger partial charge in [0.1, 0.15) is 0 Å². The van der Waals surface area contributed by atoms with Gasteiger partial charge in [0.2, 0.25) is 0 Å². The topological polar surface area (TPSA) is 6.48 Å². The first-order valence-corrected chi connectivity index (χ1v) is 26.5. The minimum Gasteiger partial charge on any atom is -0.338 e. The van der Waals surface area contributed by atoms with Crippen molar-refractivity contribution in [1.82, 2.24) is 0 Å². The summed E-state index contributed by atoms with van der Waals surface area (Å²) < 4.78 is 0. The zero-order valence-electron chi connectivity index (χ0n) is 43.8. The van der Waals surface area contributed by atoms with Crippen LogP contribution in [0.4, 0.5) is 22.7 Å². The lowest BCUT2D eigenvalue weighted by molar-refractivity contribution is 0.153. The summed E-state index contributed by atoms with van der Waals surface area (Å²) in [6.07, 6.45) is 17.4. The molecule has 353 valence electrons. The number of fused-ring (bicyclic) bond motifs is 11. The quantitative estimate of drug-likeness (QED) is 0.166. The van der Waals surface area contributed by atoms with Gasteiger partial charge in [-0.15, -0.1) is 0 Å². The molecule has 0 saturated heterocycles. The number of rotatable bonds is 3. The summed E-state index contributed by atoms with van der Waals surface area (Å²) in [5.41, 5.74) is 23.5. The minimum atomic E-state index is -0.233. The summed E-state index contributed by atoms with van der Waals surface area (Å²) in [6.45, 7) is 31.5. The predicted octanol–water partition coefficient (Wildman–Crippen LogP) is 18.0. The van der Waals surface area contributed by atoms with Crippen molar-refractivity contribution in [2.75, 3.05) is 9.80 Å². The average Bonchev–Trinajstić information content (AvgIpc) is 3.66. The Kier molecular flexibility index (Phi) is 10.6. The third kappa shape index (κ3) is 7.16. The van der Waals surface area contributed by atoms with Crippen LogP contribution >= 0.6 is 11.6 Å². The van der Waals surface area contributed by atoms with E-state index in [4.69, 9.17) is 11.6 Å². The van der Waals surface area contributed by atoms with Crippen molar-refractivity contribution in [1.29, 1.82) is 0 Å². The molecule has 11 rings (SSSR count). The average molecular weight is 929 g/mol. The highest BCUT2D eigenvalue weighted by Gasteiger charge is 2.60. The molecule has 0 N–H and O–H groups in total. The van der Waals surface area contributed by atoms with Gasteiger partial charge in [-0.25, -0.2) is 0 Å². The van der Waals surface area contributed by atoms with Gasteiger partial charge in [-0.1, -0.05) is 204 Å². The zero-order valence-corrected chi connectivity index (χ0v) is 44.6. The second kappa shape index (κ2) is 15.8. The predicted molar refractivity (Wildman–Crippen MR) is 299 cm³/mol. The lowest BCUT2D eigenvalue weighted by Crippen LogP contribution is -2.54. The molecule has 1 radical (unpaired) electrons. The molecule has 4 aliphatic carbocycles. The second-order valence-electron chi connectivity index (χ2n) is 25.6. The zero-order chi connectivity index (χ0) is 48.8. The van der Waals surface area contributed by atoms with Crippen molar-refractivity contribution in [3.63, 3.8) is 0 Å². The number of anilines is 4. The maximum absolute atomic E-state index is 7.74. The molecule has 2 bridgehead atoms. The van der Waals surface area contributed by atoms with E-state index in [1.165, 1.54) is 103 Å². The highest BCUT2D eigenvalue weighted by molar-refractivity contribution is 6.59. The summed E-state index contributed by atoms with van der Waals surface area (Å²) in [5, 5.41) is 0.768. The normalized spacial score (nSPS) is 23.6. The molecular weight excluding hydrogens is 855 g/mol. The van der Waals surface area contributed by atoms with Gasteiger partial charge in [0.05, 0.1) is 11.2 Å². The fourth-order valence-electron chi connectivity index (χ4n) is 13.5. The van der Waals surface area contributed by atoms with Gasteiger partial charge in [-0.2, -0.15) is 0 Å². The Hall–Kier alpha value is -4.99. The van der Waals surface area contributed by atoms with Crippen molar-refractivity contribution in [3.8, 4) is 22.3 Å². The minimum absolute atomic E-state index is 0.0145. The summed E-state index contributed by atoms with van der Waals surface area (Å²) in [4.78, 5) is 5.54. The largest absolute Gasteiger partial charge is 0.338 e. The van der Waals surface area contributed by atoms with Crippen LogP contribution in [0.15, 0.2) is 132 Å². The van der Waals surface area contributed by atoms with Crippen molar-refractivity contribution in [3.05, 3.63) is 165 Å². The van der Waals surface area contributed by atoms with Crippen LogP contribution < -0.4 is 15.3 Å². The lowest BCUT2D eigenvalue weighted by Gasteiger charge is -2.52. The van der Waals surface area contributed by atoms with Gasteiger partial charge in [0, 0.05) is 55.3 Å². The van der Waals surface area contributed by atoms with E-state index >= 15 is 0 Å². The number of hydrogen-bond acceptors (Lipinski definition) is 2. The molecule has 5 aromatic rings. The number of allylic oxidation sites excluding steroid dienone is 7. The molecule has 3 unspecified atom stereocenters. The summed E-state index contributed by atoms with van der Waals surface area (Å²) in [7, 11) is 2.73. The number of nitrogens with zero attached hydrogens (tertiary/aromatic N) is 2. The van der Waals surface area contributed by atoms with E-state index < -0.39 is 0 Å². The Morgan fingerprint density at radius 1 is 0.667 bits per heavy atom. The maximum atomic E-state index is 7.74. The molecule has 6 aliphatic rings. The molecular formula is C65H73BClN2. The monoisotopic (exact) mass is 928 g/mol. The molecule has 4 heteroatoms. The Labute approximate surface area is 420 Å². The highest BCUT2D eigenvalue weighted by Crippen LogP contribution is 2.66. The Morgan fingerprint density at radius 2 is 1.38 bits per heavy atom. The first-order valence-electron chi connectivity index (χ1n) is 26.2. The van der Waals surface area contributed by atoms with E-state index in [1.54, 1.807) is 11.1 Å². The first kappa shape index (κ1) is 46.4. The molecule has 1 fully saturated rings. The molecule has 2 aliphatic heterocycles. The third-order valence-electron chi connectivity index (χ3n) is 17.8. The van der Waals surface area contributed by atoms with Crippen LogP contribution in [-0.4, -0.2) is 12.8 Å². The number of benzene rings is 5. The molecule has 69 heavy (non-hydrogen) atoms. The Balaban J connectivity index is 1.33. The Bertz CT molecular complexity index is 3080. The van der Waals surface area contributed by atoms with Gasteiger partial charge < -0.3 is 9.80 Å². The molecule has 3 atom stereocenters. The van der Waals surface area contributed by atoms with Crippen molar-refractivity contribution in [2.24, 2.45) is 10.8 Å². The molecule has 0 aromatic heterocycles. The Morgan fingerprint density at radius 3 is 2.07 bits per heavy atom. The fourth-order valence-corrected chi connectivity index (χ4v) is 13.7. The van der Waals surface area contributed by atoms with Crippen LogP contribution in [-0.2, 0) is 16.2 Å². The van der Waals surface area contributed by atoms with E-state index in [0.717, 1.165) is 36.4 Å². The molecule has 2 heterocycles. The number of halogens is 1. The summed E-state index contributed by atoms with van der Waals surface area (Å²) in [5.74, 6) is 0.150. The molecule has 0 spiro atoms. The molecule has 1 saturated carbocycles. The van der Waals surface area contributed by atoms with E-state index in [0.29, 0.717) is 0 Å². The van der Waals surface area contributed by atoms with E-state index in [2.05, 4.69) is 222 Å². The van der Waals surface area contributed by atoms with E-state index in [-0.39, 0.29) is 38.4 Å². The van der Waals surface area contributed by atoms with Gasteiger partial charge >= 0.3 is 0 Å². The molecule has 5 aromatic carbocycles. The van der Waals surface area contributed by atoms with Crippen LogP contribution in [0.1, 0.15) is 163 Å². The summed E-state index contributed by atoms with van der Waals surface area (Å²) in [6, 6.07) is 35.8. The third-order valence-corrected chi connectivity index (χ3v) is 18.0. The van der Waals surface area contributed by atoms with Crippen molar-refractivity contribution >= 4 is 52.7 Å². The SMILES string of the molecule is CC(C)(C)C1=CC2=C3C([B]c4ccc5c(c4N(c4c(C6=CC=CCC6)cc(C(C)(C)C)cc4-c4ccccc4)c4cc(Cl)cc(c4)N3C3(C)CCCCC23C)-c2ccc(C(C)(C)C)cc2C5(C)C)C1. The first-order chi connectivity index (χ1) is 32.5. The van der Waals surface area contributed by atoms with Crippen molar-refractivity contribution < 1.29 is 0 Å². The second-order valence-corrected chi connectivity index (χ2v) is 26.0. The van der Waals surface area contributed by atoms with E-state index in [1.807, 2.05) is 0 Å². The van der Waals surface area contributed by atoms with Gasteiger partial charge in [0.15, 0.2) is 7.28 Å². The van der Waals surface area contributed by atoms with Crippen LogP contribution in [0.5, 0.6) is 0 Å². The highest BCUT2D eigenvalue weighted by atomic mass is 35.5. The molecule has 2 nitrogen and oxygen atoms in total. The lowest BCUT2D eigenvalue weighted by atomic mass is 9.51. The van der Waals surface area contributed by atoms with Crippen LogP contribution in [0, 0.1) is 10.8 Å². The number of hydrogen-bond donors (Lipinski definition) is 0. The fraction of sp³-hybridized carbons (Fsp3) is 0.415. The van der Waals surface area contributed by atoms with Gasteiger partial charge in [-0.3, -0.25) is 0 Å². The van der Waals surface area contributed by atoms with E-state index in [9.17, 15) is 0 Å². The van der Waals surface area contributed by atoms with Gasteiger partial charge in [0.25, 0.3) is 0 Å². The van der Waals surface area contributed by atoms with Crippen LogP contribution in [0.25, 0.3) is 27.8 Å². The molecule has 0 amide bonds. The standard InChI is InChI=1S/C65H73BClN2/c1-60(2,3)42-26-27-48-52(34-42)63(10,11)51-28-29-54-59(56(48)51)68(57-49(40-22-16-14-17-23-40)32-43(61(4,5)6)33-50(57)41-24-18-15-19-25-41)46-37-45(67)38-47(39-46)69-58-53(64(12)30-20-21-31-65(64,69)13)35-44(62(7,8)9)36-55(58)66-54/h14-18,22-24,26-29,32-35,37-39,55H,19-21,25,30-31,36H2,1-13H3. The van der Waals surface area contributed by atoms with Gasteiger partial charge in [-0.05, 0) is 136 Å². The van der Waals surface area contributed by atoms with Crippen LogP contribution in [0.3, 0.4) is 0 Å². The maximum Gasteiger partial charge on any atom is 0.165 e. The summed E-state index contributed by atoms with van der Waals surface area (Å²) >= 11 is 7.74.